The average Bonchev–Trinajstić information content (AvgIpc) is 3.48. The maximum atomic E-state index is 12.4. The SMILES string of the molecule is CC(C)c1cc(N2CCN(C)CC2)nc(SCc2ccc(C(=O)NCC3CCCO3)o2)n1. The molecule has 2 aromatic rings. The molecule has 8 nitrogen and oxygen atoms in total. The third-order valence-electron chi connectivity index (χ3n) is 5.87. The number of hydrogen-bond donors (Lipinski definition) is 1. The van der Waals surface area contributed by atoms with Gasteiger partial charge in [-0.25, -0.2) is 9.97 Å². The summed E-state index contributed by atoms with van der Waals surface area (Å²) >= 11 is 1.54. The molecule has 2 aromatic heterocycles. The zero-order chi connectivity index (χ0) is 22.5. The van der Waals surface area contributed by atoms with Crippen molar-refractivity contribution in [2.75, 3.05) is 51.3 Å². The quantitative estimate of drug-likeness (QED) is 0.476. The van der Waals surface area contributed by atoms with Gasteiger partial charge in [-0.1, -0.05) is 25.6 Å². The summed E-state index contributed by atoms with van der Waals surface area (Å²) in [6.45, 7) is 9.61. The summed E-state index contributed by atoms with van der Waals surface area (Å²) in [5.74, 6) is 2.75. The molecule has 32 heavy (non-hydrogen) atoms. The van der Waals surface area contributed by atoms with E-state index in [0.717, 1.165) is 68.1 Å². The summed E-state index contributed by atoms with van der Waals surface area (Å²) in [4.78, 5) is 26.6. The normalized spacial score (nSPS) is 19.6. The van der Waals surface area contributed by atoms with Crippen LogP contribution in [0.1, 0.15) is 54.6 Å². The molecule has 2 fully saturated rings. The van der Waals surface area contributed by atoms with Crippen molar-refractivity contribution in [2.45, 2.75) is 49.6 Å². The number of carbonyl (C=O) groups is 1. The van der Waals surface area contributed by atoms with Gasteiger partial charge in [0.1, 0.15) is 11.6 Å². The Morgan fingerprint density at radius 3 is 2.78 bits per heavy atom. The Kier molecular flexibility index (Phi) is 7.70. The van der Waals surface area contributed by atoms with E-state index in [1.807, 2.05) is 6.07 Å². The van der Waals surface area contributed by atoms with Gasteiger partial charge in [-0.2, -0.15) is 0 Å². The third kappa shape index (κ3) is 6.02. The monoisotopic (exact) mass is 459 g/mol. The van der Waals surface area contributed by atoms with Crippen molar-refractivity contribution >= 4 is 23.5 Å². The highest BCUT2D eigenvalue weighted by atomic mass is 32.2. The third-order valence-corrected chi connectivity index (χ3v) is 6.74. The summed E-state index contributed by atoms with van der Waals surface area (Å²) in [6.07, 6.45) is 2.16. The number of furan rings is 1. The smallest absolute Gasteiger partial charge is 0.287 e. The Morgan fingerprint density at radius 2 is 2.06 bits per heavy atom. The molecular formula is C23H33N5O3S. The summed E-state index contributed by atoms with van der Waals surface area (Å²) in [5, 5.41) is 3.64. The molecule has 2 saturated heterocycles. The van der Waals surface area contributed by atoms with Crippen LogP contribution in [0.5, 0.6) is 0 Å². The number of nitrogens with zero attached hydrogens (tertiary/aromatic N) is 4. The molecular weight excluding hydrogens is 426 g/mol. The molecule has 4 heterocycles. The van der Waals surface area contributed by atoms with E-state index in [4.69, 9.17) is 19.1 Å². The fourth-order valence-corrected chi connectivity index (χ4v) is 4.55. The molecule has 0 spiro atoms. The average molecular weight is 460 g/mol. The molecule has 174 valence electrons. The molecule has 0 aliphatic carbocycles. The second-order valence-corrected chi connectivity index (χ2v) is 9.72. The minimum Gasteiger partial charge on any atom is -0.455 e. The first-order valence-corrected chi connectivity index (χ1v) is 12.4. The molecule has 0 radical (unpaired) electrons. The lowest BCUT2D eigenvalue weighted by Gasteiger charge is -2.33. The predicted molar refractivity (Wildman–Crippen MR) is 125 cm³/mol. The lowest BCUT2D eigenvalue weighted by atomic mass is 10.1. The first-order chi connectivity index (χ1) is 15.5. The van der Waals surface area contributed by atoms with E-state index in [1.165, 1.54) is 11.8 Å². The van der Waals surface area contributed by atoms with Crippen molar-refractivity contribution in [3.63, 3.8) is 0 Å². The number of aromatic nitrogens is 2. The fourth-order valence-electron chi connectivity index (χ4n) is 3.80. The van der Waals surface area contributed by atoms with Gasteiger partial charge in [0.25, 0.3) is 5.91 Å². The highest BCUT2D eigenvalue weighted by Crippen LogP contribution is 2.26. The molecule has 1 atom stereocenters. The Bertz CT molecular complexity index is 905. The number of nitrogens with one attached hydrogen (secondary N) is 1. The Hall–Kier alpha value is -2.10. The summed E-state index contributed by atoms with van der Waals surface area (Å²) in [6, 6.07) is 5.69. The number of piperazine rings is 1. The molecule has 0 bridgehead atoms. The van der Waals surface area contributed by atoms with E-state index in [0.29, 0.717) is 24.0 Å². The Labute approximate surface area is 194 Å². The van der Waals surface area contributed by atoms with Crippen LogP contribution in [-0.4, -0.2) is 73.3 Å². The van der Waals surface area contributed by atoms with Crippen LogP contribution < -0.4 is 10.2 Å². The van der Waals surface area contributed by atoms with Crippen LogP contribution in [0, 0.1) is 0 Å². The van der Waals surface area contributed by atoms with Crippen molar-refractivity contribution in [3.05, 3.63) is 35.4 Å². The molecule has 0 aromatic carbocycles. The molecule has 1 N–H and O–H groups in total. The van der Waals surface area contributed by atoms with Crippen molar-refractivity contribution in [1.82, 2.24) is 20.2 Å². The summed E-state index contributed by atoms with van der Waals surface area (Å²) < 4.78 is 11.3. The first-order valence-electron chi connectivity index (χ1n) is 11.4. The summed E-state index contributed by atoms with van der Waals surface area (Å²) in [5.41, 5.74) is 1.05. The molecule has 1 unspecified atom stereocenters. The first kappa shape index (κ1) is 23.1. The predicted octanol–water partition coefficient (Wildman–Crippen LogP) is 3.15. The van der Waals surface area contributed by atoms with Crippen molar-refractivity contribution in [2.24, 2.45) is 0 Å². The van der Waals surface area contributed by atoms with E-state index in [-0.39, 0.29) is 12.0 Å². The largest absolute Gasteiger partial charge is 0.455 e. The Morgan fingerprint density at radius 1 is 1.25 bits per heavy atom. The van der Waals surface area contributed by atoms with Crippen LogP contribution >= 0.6 is 11.8 Å². The number of rotatable bonds is 8. The van der Waals surface area contributed by atoms with Crippen LogP contribution in [0.15, 0.2) is 27.8 Å². The Balaban J connectivity index is 1.37. The maximum Gasteiger partial charge on any atom is 0.287 e. The van der Waals surface area contributed by atoms with Crippen LogP contribution in [0.25, 0.3) is 0 Å². The molecule has 2 aliphatic rings. The highest BCUT2D eigenvalue weighted by Gasteiger charge is 2.20. The number of thioether (sulfide) groups is 1. The number of amides is 1. The van der Waals surface area contributed by atoms with Gasteiger partial charge < -0.3 is 24.3 Å². The van der Waals surface area contributed by atoms with Gasteiger partial charge in [-0.3, -0.25) is 4.79 Å². The molecule has 4 rings (SSSR count). The number of anilines is 1. The van der Waals surface area contributed by atoms with Crippen LogP contribution in [0.4, 0.5) is 5.82 Å². The standard InChI is InChI=1S/C23H33N5O3S/c1-16(2)19-13-21(28-10-8-27(3)9-11-28)26-23(25-19)32-15-18-6-7-20(31-18)22(29)24-14-17-5-4-12-30-17/h6-7,13,16-17H,4-5,8-12,14-15H2,1-3H3,(H,24,29). The minimum atomic E-state index is -0.202. The molecule has 2 aliphatic heterocycles. The van der Waals surface area contributed by atoms with E-state index >= 15 is 0 Å². The van der Waals surface area contributed by atoms with Gasteiger partial charge in [-0.05, 0) is 37.9 Å². The van der Waals surface area contributed by atoms with Gasteiger partial charge in [-0.15, -0.1) is 0 Å². The van der Waals surface area contributed by atoms with E-state index < -0.39 is 0 Å². The number of ether oxygens (including phenoxy) is 1. The maximum absolute atomic E-state index is 12.4. The molecule has 9 heteroatoms. The number of likely N-dealkylation sites (N-methyl/N-ethyl adjacent to an activating group) is 1. The fraction of sp³-hybridized carbons (Fsp3) is 0.609. The second-order valence-electron chi connectivity index (χ2n) is 8.78. The molecule has 0 saturated carbocycles. The highest BCUT2D eigenvalue weighted by molar-refractivity contribution is 7.98. The van der Waals surface area contributed by atoms with E-state index in [2.05, 4.69) is 42.1 Å². The van der Waals surface area contributed by atoms with Gasteiger partial charge in [0.05, 0.1) is 11.9 Å². The minimum absolute atomic E-state index is 0.115. The van der Waals surface area contributed by atoms with Gasteiger partial charge in [0, 0.05) is 51.1 Å². The van der Waals surface area contributed by atoms with Crippen LogP contribution in [0.2, 0.25) is 0 Å². The lowest BCUT2D eigenvalue weighted by molar-refractivity contribution is 0.0834. The zero-order valence-electron chi connectivity index (χ0n) is 19.2. The van der Waals surface area contributed by atoms with Gasteiger partial charge in [0.2, 0.25) is 0 Å². The molecule has 1 amide bonds. The van der Waals surface area contributed by atoms with Crippen molar-refractivity contribution < 1.29 is 13.9 Å². The van der Waals surface area contributed by atoms with Gasteiger partial charge in [0.15, 0.2) is 10.9 Å². The van der Waals surface area contributed by atoms with Crippen molar-refractivity contribution in [1.29, 1.82) is 0 Å². The van der Waals surface area contributed by atoms with E-state index in [1.54, 1.807) is 6.07 Å². The van der Waals surface area contributed by atoms with E-state index in [9.17, 15) is 4.79 Å². The lowest BCUT2D eigenvalue weighted by Crippen LogP contribution is -2.44. The van der Waals surface area contributed by atoms with Crippen molar-refractivity contribution in [3.8, 4) is 0 Å². The number of hydrogen-bond acceptors (Lipinski definition) is 8. The topological polar surface area (TPSA) is 83.7 Å². The van der Waals surface area contributed by atoms with Gasteiger partial charge >= 0.3 is 0 Å². The zero-order valence-corrected chi connectivity index (χ0v) is 20.0. The van der Waals surface area contributed by atoms with Crippen LogP contribution in [-0.2, 0) is 10.5 Å². The summed E-state index contributed by atoms with van der Waals surface area (Å²) in [7, 11) is 2.15. The van der Waals surface area contributed by atoms with Crippen LogP contribution in [0.3, 0.4) is 0 Å². The second kappa shape index (κ2) is 10.7. The number of carbonyl (C=O) groups excluding carboxylic acids is 1.